The predicted octanol–water partition coefficient (Wildman–Crippen LogP) is 4.24. The Hall–Kier alpha value is -3.15. The summed E-state index contributed by atoms with van der Waals surface area (Å²) in [5.41, 5.74) is 4.64. The van der Waals surface area contributed by atoms with Crippen molar-refractivity contribution in [3.05, 3.63) is 51.2 Å². The number of hydrogen-bond donors (Lipinski definition) is 2. The Bertz CT molecular complexity index is 1370. The lowest BCUT2D eigenvalue weighted by Gasteiger charge is -2.43. The minimum absolute atomic E-state index is 0.0145. The quantitative estimate of drug-likeness (QED) is 0.447. The van der Waals surface area contributed by atoms with E-state index in [1.165, 1.54) is 28.8 Å². The second kappa shape index (κ2) is 14.7. The van der Waals surface area contributed by atoms with Crippen LogP contribution in [0, 0.1) is 0 Å². The topological polar surface area (TPSA) is 91.5 Å². The molecule has 1 atom stereocenters. The molecule has 46 heavy (non-hydrogen) atoms. The van der Waals surface area contributed by atoms with Gasteiger partial charge in [0.1, 0.15) is 6.04 Å². The van der Waals surface area contributed by atoms with E-state index in [0.29, 0.717) is 45.2 Å². The van der Waals surface area contributed by atoms with Crippen molar-refractivity contribution in [3.8, 4) is 0 Å². The van der Waals surface area contributed by atoms with Gasteiger partial charge in [-0.2, -0.15) is 0 Å². The number of piperidine rings is 2. The fourth-order valence-corrected chi connectivity index (χ4v) is 8.54. The van der Waals surface area contributed by atoms with Crippen LogP contribution in [0.25, 0.3) is 0 Å². The Morgan fingerprint density at radius 2 is 1.59 bits per heavy atom. The van der Waals surface area contributed by atoms with Gasteiger partial charge >= 0.3 is 12.1 Å². The predicted molar refractivity (Wildman–Crippen MR) is 183 cm³/mol. The first-order valence-electron chi connectivity index (χ1n) is 17.3. The maximum Gasteiger partial charge on any atom is 0.322 e. The standard InChI is InChI=1S/C35H51N7O3S/c1-4-26-7-6-25(22-27(26)5-2)23-31(33(43)40-19-17-39(18-20-40)28-8-13-38(3)14-9-28)37-34(44)41-15-10-29(11-16-41)42-24-32-30(12-21-46-32)36-35(42)45/h6-7,12,21-22,28-29,31H,4-5,8-11,13-20,23-24H2,1-3H3,(H,36,45)(H,37,44)/t31-/m1/s1. The molecule has 0 unspecified atom stereocenters. The summed E-state index contributed by atoms with van der Waals surface area (Å²) in [5.74, 6) is 0.0145. The summed E-state index contributed by atoms with van der Waals surface area (Å²) < 4.78 is 0. The second-order valence-electron chi connectivity index (χ2n) is 13.4. The highest BCUT2D eigenvalue weighted by atomic mass is 32.1. The molecule has 11 heteroatoms. The number of amides is 5. The van der Waals surface area contributed by atoms with E-state index in [1.54, 1.807) is 11.3 Å². The van der Waals surface area contributed by atoms with Gasteiger partial charge in [-0.25, -0.2) is 9.59 Å². The second-order valence-corrected chi connectivity index (χ2v) is 14.4. The Balaban J connectivity index is 1.09. The summed E-state index contributed by atoms with van der Waals surface area (Å²) in [7, 11) is 2.19. The van der Waals surface area contributed by atoms with Crippen LogP contribution in [0.5, 0.6) is 0 Å². The molecule has 5 heterocycles. The number of likely N-dealkylation sites (tertiary alicyclic amines) is 2. The molecule has 4 aliphatic rings. The van der Waals surface area contributed by atoms with Crippen LogP contribution < -0.4 is 10.6 Å². The van der Waals surface area contributed by atoms with Gasteiger partial charge in [0.2, 0.25) is 5.91 Å². The van der Waals surface area contributed by atoms with Crippen LogP contribution in [0.1, 0.15) is 61.1 Å². The van der Waals surface area contributed by atoms with Crippen LogP contribution in [0.15, 0.2) is 29.6 Å². The van der Waals surface area contributed by atoms with E-state index in [2.05, 4.69) is 59.5 Å². The Labute approximate surface area is 278 Å². The van der Waals surface area contributed by atoms with Crippen molar-refractivity contribution in [2.45, 2.75) is 83.5 Å². The van der Waals surface area contributed by atoms with Crippen molar-refractivity contribution in [2.75, 3.05) is 64.7 Å². The van der Waals surface area contributed by atoms with Crippen molar-refractivity contribution < 1.29 is 14.4 Å². The third-order valence-electron chi connectivity index (χ3n) is 10.7. The Morgan fingerprint density at radius 3 is 2.28 bits per heavy atom. The molecule has 2 N–H and O–H groups in total. The van der Waals surface area contributed by atoms with Gasteiger partial charge in [0, 0.05) is 62.7 Å². The van der Waals surface area contributed by atoms with Crippen molar-refractivity contribution in [1.82, 2.24) is 29.8 Å². The number of fused-ring (bicyclic) bond motifs is 1. The zero-order chi connectivity index (χ0) is 32.2. The molecule has 1 aromatic heterocycles. The molecule has 0 saturated carbocycles. The molecular formula is C35H51N7O3S. The van der Waals surface area contributed by atoms with Crippen molar-refractivity contribution in [1.29, 1.82) is 0 Å². The lowest BCUT2D eigenvalue weighted by atomic mass is 9.96. The minimum atomic E-state index is -0.623. The highest BCUT2D eigenvalue weighted by Crippen LogP contribution is 2.31. The summed E-state index contributed by atoms with van der Waals surface area (Å²) in [6.07, 6.45) is 6.21. The number of aryl methyl sites for hydroxylation is 2. The zero-order valence-corrected chi connectivity index (χ0v) is 28.6. The van der Waals surface area contributed by atoms with Crippen molar-refractivity contribution in [3.63, 3.8) is 0 Å². The SMILES string of the molecule is CCc1ccc(C[C@@H](NC(=O)N2CCC(N3Cc4sccc4NC3=O)CC2)C(=O)N2CCN(C3CCN(C)CC3)CC2)cc1CC. The molecule has 5 amide bonds. The van der Waals surface area contributed by atoms with Crippen LogP contribution in [0.4, 0.5) is 15.3 Å². The zero-order valence-electron chi connectivity index (χ0n) is 27.8. The van der Waals surface area contributed by atoms with E-state index < -0.39 is 6.04 Å². The molecule has 4 aliphatic heterocycles. The third kappa shape index (κ3) is 7.37. The van der Waals surface area contributed by atoms with Crippen LogP contribution >= 0.6 is 11.3 Å². The van der Waals surface area contributed by atoms with E-state index in [0.717, 1.165) is 63.1 Å². The molecule has 3 saturated heterocycles. The van der Waals surface area contributed by atoms with Crippen LogP contribution in [0.2, 0.25) is 0 Å². The summed E-state index contributed by atoms with van der Waals surface area (Å²) in [4.78, 5) is 52.5. The summed E-state index contributed by atoms with van der Waals surface area (Å²) >= 11 is 1.66. The smallest absolute Gasteiger partial charge is 0.322 e. The molecule has 0 aliphatic carbocycles. The number of rotatable bonds is 8. The number of carbonyl (C=O) groups is 3. The Kier molecular flexibility index (Phi) is 10.5. The van der Waals surface area contributed by atoms with E-state index >= 15 is 0 Å². The van der Waals surface area contributed by atoms with E-state index in [1.807, 2.05) is 26.1 Å². The number of nitrogens with zero attached hydrogens (tertiary/aromatic N) is 5. The van der Waals surface area contributed by atoms with Gasteiger partial charge in [0.05, 0.1) is 12.2 Å². The molecule has 0 bridgehead atoms. The monoisotopic (exact) mass is 649 g/mol. The van der Waals surface area contributed by atoms with Gasteiger partial charge in [-0.3, -0.25) is 9.69 Å². The highest BCUT2D eigenvalue weighted by Gasteiger charge is 2.36. The maximum atomic E-state index is 14.1. The fourth-order valence-electron chi connectivity index (χ4n) is 7.71. The third-order valence-corrected chi connectivity index (χ3v) is 11.6. The van der Waals surface area contributed by atoms with Gasteiger partial charge in [0.25, 0.3) is 0 Å². The largest absolute Gasteiger partial charge is 0.338 e. The molecular weight excluding hydrogens is 598 g/mol. The van der Waals surface area contributed by atoms with Gasteiger partial charge < -0.3 is 30.2 Å². The number of nitrogens with one attached hydrogen (secondary N) is 2. The van der Waals surface area contributed by atoms with Crippen LogP contribution in [0.3, 0.4) is 0 Å². The first-order chi connectivity index (χ1) is 22.3. The Morgan fingerprint density at radius 1 is 0.891 bits per heavy atom. The number of thiophene rings is 1. The summed E-state index contributed by atoms with van der Waals surface area (Å²) in [6, 6.07) is 8.29. The minimum Gasteiger partial charge on any atom is -0.338 e. The van der Waals surface area contributed by atoms with Crippen LogP contribution in [-0.2, 0) is 30.6 Å². The average molecular weight is 650 g/mol. The molecule has 6 rings (SSSR count). The van der Waals surface area contributed by atoms with Gasteiger partial charge in [0.15, 0.2) is 0 Å². The molecule has 3 fully saturated rings. The number of benzene rings is 1. The van der Waals surface area contributed by atoms with Crippen molar-refractivity contribution >= 4 is 35.0 Å². The first-order valence-corrected chi connectivity index (χ1v) is 18.2. The summed E-state index contributed by atoms with van der Waals surface area (Å²) in [6.45, 7) is 11.5. The molecule has 250 valence electrons. The first kappa shape index (κ1) is 32.8. The van der Waals surface area contributed by atoms with E-state index in [4.69, 9.17) is 0 Å². The van der Waals surface area contributed by atoms with E-state index in [9.17, 15) is 14.4 Å². The number of piperazine rings is 1. The molecule has 2 aromatic rings. The molecule has 0 spiro atoms. The molecule has 0 radical (unpaired) electrons. The van der Waals surface area contributed by atoms with Gasteiger partial charge in [-0.15, -0.1) is 11.3 Å². The summed E-state index contributed by atoms with van der Waals surface area (Å²) in [5, 5.41) is 8.20. The van der Waals surface area contributed by atoms with E-state index in [-0.39, 0.29) is 24.0 Å². The highest BCUT2D eigenvalue weighted by molar-refractivity contribution is 7.10. The maximum absolute atomic E-state index is 14.1. The number of urea groups is 2. The fraction of sp³-hybridized carbons (Fsp3) is 0.629. The van der Waals surface area contributed by atoms with Crippen LogP contribution in [-0.4, -0.2) is 120 Å². The van der Waals surface area contributed by atoms with Gasteiger partial charge in [-0.1, -0.05) is 32.0 Å². The van der Waals surface area contributed by atoms with Crippen molar-refractivity contribution in [2.24, 2.45) is 0 Å². The normalized spacial score (nSPS) is 21.2. The number of carbonyl (C=O) groups excluding carboxylic acids is 3. The lowest BCUT2D eigenvalue weighted by Crippen LogP contribution is -2.59. The molecule has 1 aromatic carbocycles. The molecule has 10 nitrogen and oxygen atoms in total. The number of anilines is 1. The lowest BCUT2D eigenvalue weighted by molar-refractivity contribution is -0.135. The van der Waals surface area contributed by atoms with Gasteiger partial charge in [-0.05, 0) is 86.8 Å². The number of hydrogen-bond acceptors (Lipinski definition) is 6. The average Bonchev–Trinajstić information content (AvgIpc) is 3.55.